The number of phenols is 1. The molecule has 0 aliphatic heterocycles. The number of para-hydroxylation sites is 1. The summed E-state index contributed by atoms with van der Waals surface area (Å²) in [6, 6.07) is 23.0. The van der Waals surface area contributed by atoms with Crippen molar-refractivity contribution in [3.8, 4) is 28.4 Å². The lowest BCUT2D eigenvalue weighted by Crippen LogP contribution is -2.45. The van der Waals surface area contributed by atoms with Gasteiger partial charge in [0.15, 0.2) is 13.2 Å². The second-order valence-electron chi connectivity index (χ2n) is 6.03. The monoisotopic (exact) mass is 392 g/mol. The van der Waals surface area contributed by atoms with Crippen molar-refractivity contribution < 1.29 is 24.2 Å². The Balaban J connectivity index is 1.44. The summed E-state index contributed by atoms with van der Waals surface area (Å²) >= 11 is 0. The van der Waals surface area contributed by atoms with Crippen molar-refractivity contribution in [1.29, 1.82) is 0 Å². The van der Waals surface area contributed by atoms with Crippen LogP contribution in [0.1, 0.15) is 0 Å². The van der Waals surface area contributed by atoms with Crippen molar-refractivity contribution in [2.24, 2.45) is 0 Å². The summed E-state index contributed by atoms with van der Waals surface area (Å²) in [7, 11) is 0. The highest BCUT2D eigenvalue weighted by atomic mass is 16.5. The number of carbonyl (C=O) groups is 2. The van der Waals surface area contributed by atoms with E-state index in [0.29, 0.717) is 11.5 Å². The predicted molar refractivity (Wildman–Crippen MR) is 107 cm³/mol. The van der Waals surface area contributed by atoms with Gasteiger partial charge in [-0.1, -0.05) is 48.5 Å². The number of hydrogen-bond acceptors (Lipinski definition) is 5. The van der Waals surface area contributed by atoms with Gasteiger partial charge in [0.1, 0.15) is 17.2 Å². The number of nitrogens with one attached hydrogen (secondary N) is 2. The molecule has 2 amide bonds. The van der Waals surface area contributed by atoms with Gasteiger partial charge in [-0.05, 0) is 35.9 Å². The lowest BCUT2D eigenvalue weighted by atomic mass is 10.1. The van der Waals surface area contributed by atoms with Crippen LogP contribution in [0, 0.1) is 0 Å². The van der Waals surface area contributed by atoms with Gasteiger partial charge in [0, 0.05) is 5.56 Å². The fraction of sp³-hybridized carbons (Fsp3) is 0.0909. The Morgan fingerprint density at radius 1 is 0.724 bits per heavy atom. The zero-order chi connectivity index (χ0) is 20.5. The molecule has 0 aromatic heterocycles. The molecule has 0 aliphatic carbocycles. The van der Waals surface area contributed by atoms with Gasteiger partial charge in [-0.2, -0.15) is 0 Å². The molecule has 0 saturated heterocycles. The van der Waals surface area contributed by atoms with Crippen molar-refractivity contribution in [2.75, 3.05) is 13.2 Å². The van der Waals surface area contributed by atoms with Crippen LogP contribution in [0.15, 0.2) is 78.9 Å². The summed E-state index contributed by atoms with van der Waals surface area (Å²) < 4.78 is 10.9. The van der Waals surface area contributed by atoms with Crippen LogP contribution in [0.2, 0.25) is 0 Å². The Bertz CT molecular complexity index is 958. The molecule has 3 aromatic carbocycles. The molecule has 0 heterocycles. The summed E-state index contributed by atoms with van der Waals surface area (Å²) in [4.78, 5) is 23.7. The van der Waals surface area contributed by atoms with E-state index >= 15 is 0 Å². The topological polar surface area (TPSA) is 96.9 Å². The molecule has 0 atom stereocenters. The lowest BCUT2D eigenvalue weighted by Gasteiger charge is -2.12. The second kappa shape index (κ2) is 9.80. The number of amides is 2. The maximum atomic E-state index is 12.0. The van der Waals surface area contributed by atoms with Crippen molar-refractivity contribution in [1.82, 2.24) is 10.9 Å². The SMILES string of the molecule is O=C(COc1ccc(O)cc1)NNC(=O)COc1ccccc1-c1ccccc1. The molecule has 29 heavy (non-hydrogen) atoms. The van der Waals surface area contributed by atoms with E-state index in [4.69, 9.17) is 9.47 Å². The number of hydrogen-bond donors (Lipinski definition) is 3. The van der Waals surface area contributed by atoms with Crippen LogP contribution in [0.25, 0.3) is 11.1 Å². The predicted octanol–water partition coefficient (Wildman–Crippen LogP) is 2.66. The molecule has 148 valence electrons. The van der Waals surface area contributed by atoms with Gasteiger partial charge in [0.25, 0.3) is 11.8 Å². The Labute approximate surface area is 167 Å². The minimum absolute atomic E-state index is 0.0999. The van der Waals surface area contributed by atoms with E-state index in [9.17, 15) is 14.7 Å². The third kappa shape index (κ3) is 6.00. The maximum Gasteiger partial charge on any atom is 0.276 e. The highest BCUT2D eigenvalue weighted by molar-refractivity contribution is 5.83. The number of phenolic OH excluding ortho intramolecular Hbond substituents is 1. The molecular formula is C22H20N2O5. The minimum Gasteiger partial charge on any atom is -0.508 e. The van der Waals surface area contributed by atoms with Crippen molar-refractivity contribution >= 4 is 11.8 Å². The first-order valence-corrected chi connectivity index (χ1v) is 8.88. The zero-order valence-corrected chi connectivity index (χ0v) is 15.5. The molecule has 0 aliphatic rings. The number of rotatable bonds is 7. The number of benzene rings is 3. The standard InChI is InChI=1S/C22H20N2O5/c25-17-10-12-18(13-11-17)28-14-21(26)23-24-22(27)15-29-20-9-5-4-8-19(20)16-6-2-1-3-7-16/h1-13,25H,14-15H2,(H,23,26)(H,24,27). The summed E-state index contributed by atoms with van der Waals surface area (Å²) in [5, 5.41) is 9.20. The van der Waals surface area contributed by atoms with E-state index in [2.05, 4.69) is 10.9 Å². The van der Waals surface area contributed by atoms with Crippen molar-refractivity contribution in [2.45, 2.75) is 0 Å². The summed E-state index contributed by atoms with van der Waals surface area (Å²) in [5.74, 6) is 0.0471. The number of hydrazine groups is 1. The Hall–Kier alpha value is -4.00. The van der Waals surface area contributed by atoms with Crippen LogP contribution in [-0.4, -0.2) is 30.1 Å². The van der Waals surface area contributed by atoms with Gasteiger partial charge in [-0.15, -0.1) is 0 Å². The summed E-state index contributed by atoms with van der Waals surface area (Å²) in [6.07, 6.45) is 0. The van der Waals surface area contributed by atoms with Crippen LogP contribution >= 0.6 is 0 Å². The average molecular weight is 392 g/mol. The molecular weight excluding hydrogens is 372 g/mol. The third-order valence-electron chi connectivity index (χ3n) is 3.88. The zero-order valence-electron chi connectivity index (χ0n) is 15.5. The van der Waals surface area contributed by atoms with E-state index < -0.39 is 11.8 Å². The first-order chi connectivity index (χ1) is 14.1. The molecule has 0 saturated carbocycles. The molecule has 0 bridgehead atoms. The molecule has 0 radical (unpaired) electrons. The van der Waals surface area contributed by atoms with Gasteiger partial charge >= 0.3 is 0 Å². The highest BCUT2D eigenvalue weighted by Crippen LogP contribution is 2.29. The fourth-order valence-electron chi connectivity index (χ4n) is 2.49. The van der Waals surface area contributed by atoms with E-state index in [1.165, 1.54) is 24.3 Å². The number of aromatic hydroxyl groups is 1. The normalized spacial score (nSPS) is 10.1. The Kier molecular flexibility index (Phi) is 6.67. The van der Waals surface area contributed by atoms with E-state index in [0.717, 1.165) is 11.1 Å². The Morgan fingerprint density at radius 2 is 1.31 bits per heavy atom. The molecule has 7 heteroatoms. The van der Waals surface area contributed by atoms with Crippen molar-refractivity contribution in [3.05, 3.63) is 78.9 Å². The molecule has 0 fully saturated rings. The minimum atomic E-state index is -0.531. The fourth-order valence-corrected chi connectivity index (χ4v) is 2.49. The van der Waals surface area contributed by atoms with E-state index in [1.807, 2.05) is 48.5 Å². The molecule has 3 N–H and O–H groups in total. The number of carbonyl (C=O) groups excluding carboxylic acids is 2. The van der Waals surface area contributed by atoms with Crippen LogP contribution in [0.4, 0.5) is 0 Å². The van der Waals surface area contributed by atoms with Crippen molar-refractivity contribution in [3.63, 3.8) is 0 Å². The summed E-state index contributed by atoms with van der Waals surface area (Å²) in [6.45, 7) is -0.550. The van der Waals surface area contributed by atoms with E-state index in [1.54, 1.807) is 6.07 Å². The van der Waals surface area contributed by atoms with E-state index in [-0.39, 0.29) is 19.0 Å². The van der Waals surface area contributed by atoms with Gasteiger partial charge in [0.05, 0.1) is 0 Å². The van der Waals surface area contributed by atoms with Crippen LogP contribution in [-0.2, 0) is 9.59 Å². The van der Waals surface area contributed by atoms with Crippen LogP contribution in [0.5, 0.6) is 17.2 Å². The molecule has 0 spiro atoms. The second-order valence-corrected chi connectivity index (χ2v) is 6.03. The van der Waals surface area contributed by atoms with Gasteiger partial charge < -0.3 is 14.6 Å². The van der Waals surface area contributed by atoms with Gasteiger partial charge in [0.2, 0.25) is 0 Å². The lowest BCUT2D eigenvalue weighted by molar-refractivity contribution is -0.131. The van der Waals surface area contributed by atoms with Crippen LogP contribution in [0.3, 0.4) is 0 Å². The van der Waals surface area contributed by atoms with Gasteiger partial charge in [-0.3, -0.25) is 20.4 Å². The van der Waals surface area contributed by atoms with Gasteiger partial charge in [-0.25, -0.2) is 0 Å². The quantitative estimate of drug-likeness (QED) is 0.537. The largest absolute Gasteiger partial charge is 0.508 e. The van der Waals surface area contributed by atoms with Crippen LogP contribution < -0.4 is 20.3 Å². The first-order valence-electron chi connectivity index (χ1n) is 8.88. The smallest absolute Gasteiger partial charge is 0.276 e. The Morgan fingerprint density at radius 3 is 2.00 bits per heavy atom. The first kappa shape index (κ1) is 19.8. The molecule has 0 unspecified atom stereocenters. The number of ether oxygens (including phenoxy) is 2. The molecule has 7 nitrogen and oxygen atoms in total. The highest BCUT2D eigenvalue weighted by Gasteiger charge is 2.09. The average Bonchev–Trinajstić information content (AvgIpc) is 2.76. The maximum absolute atomic E-state index is 12.0. The third-order valence-corrected chi connectivity index (χ3v) is 3.88. The summed E-state index contributed by atoms with van der Waals surface area (Å²) in [5.41, 5.74) is 6.37. The molecule has 3 rings (SSSR count). The molecule has 3 aromatic rings.